The van der Waals surface area contributed by atoms with Gasteiger partial charge in [-0.25, -0.2) is 0 Å². The number of carbonyl (C=O) groups is 2. The highest BCUT2D eigenvalue weighted by Gasteiger charge is 2.55. The zero-order valence-electron chi connectivity index (χ0n) is 12.0. The van der Waals surface area contributed by atoms with Gasteiger partial charge in [0.1, 0.15) is 0 Å². The minimum atomic E-state index is -5.20. The molecule has 0 aliphatic heterocycles. The Labute approximate surface area is 130 Å². The van der Waals surface area contributed by atoms with Crippen LogP contribution in [0.1, 0.15) is 15.9 Å². The number of hydrogen-bond acceptors (Lipinski definition) is 3. The van der Waals surface area contributed by atoms with Crippen molar-refractivity contribution in [2.75, 3.05) is 0 Å². The second kappa shape index (κ2) is 6.34. The molecule has 120 valence electrons. The summed E-state index contributed by atoms with van der Waals surface area (Å²) < 4.78 is 38.8. The Morgan fingerprint density at radius 2 is 1.35 bits per heavy atom. The van der Waals surface area contributed by atoms with Gasteiger partial charge in [-0.15, -0.1) is 0 Å². The highest BCUT2D eigenvalue weighted by atomic mass is 19.4. The van der Waals surface area contributed by atoms with E-state index in [1.807, 2.05) is 0 Å². The van der Waals surface area contributed by atoms with Gasteiger partial charge >= 0.3 is 6.18 Å². The number of nitrogens with two attached hydrogens (primary N) is 1. The molecule has 2 N–H and O–H groups in total. The summed E-state index contributed by atoms with van der Waals surface area (Å²) in [6.45, 7) is 0. The first-order valence-corrected chi connectivity index (χ1v) is 6.79. The molecule has 0 amide bonds. The Hall–Kier alpha value is -2.47. The molecule has 0 saturated carbocycles. The number of carbonyl (C=O) groups excluding carboxylic acids is 2. The van der Waals surface area contributed by atoms with Gasteiger partial charge in [-0.1, -0.05) is 60.7 Å². The predicted octanol–water partition coefficient (Wildman–Crippen LogP) is 2.94. The van der Waals surface area contributed by atoms with Gasteiger partial charge in [-0.05, 0) is 5.56 Å². The third kappa shape index (κ3) is 3.65. The summed E-state index contributed by atoms with van der Waals surface area (Å²) in [5.74, 6) is -3.30. The highest BCUT2D eigenvalue weighted by Crippen LogP contribution is 2.27. The summed E-state index contributed by atoms with van der Waals surface area (Å²) in [5.41, 5.74) is 3.36. The lowest BCUT2D eigenvalue weighted by atomic mass is 9.80. The molecule has 3 nitrogen and oxygen atoms in total. The molecule has 0 saturated heterocycles. The van der Waals surface area contributed by atoms with Crippen molar-refractivity contribution in [2.24, 2.45) is 5.73 Å². The topological polar surface area (TPSA) is 60.2 Å². The van der Waals surface area contributed by atoms with Crippen molar-refractivity contribution in [1.29, 1.82) is 0 Å². The molecule has 0 bridgehead atoms. The van der Waals surface area contributed by atoms with Crippen LogP contribution in [0.4, 0.5) is 13.2 Å². The van der Waals surface area contributed by atoms with E-state index < -0.39 is 29.7 Å². The maximum Gasteiger partial charge on any atom is 0.452 e. The van der Waals surface area contributed by atoms with Crippen LogP contribution in [0.25, 0.3) is 0 Å². The molecule has 0 radical (unpaired) electrons. The summed E-state index contributed by atoms with van der Waals surface area (Å²) in [6.07, 6.45) is -5.73. The number of halogens is 3. The summed E-state index contributed by atoms with van der Waals surface area (Å²) >= 11 is 0. The lowest BCUT2D eigenvalue weighted by Crippen LogP contribution is -2.61. The monoisotopic (exact) mass is 321 g/mol. The van der Waals surface area contributed by atoms with Crippen LogP contribution in [-0.4, -0.2) is 23.3 Å². The van der Waals surface area contributed by atoms with Gasteiger partial charge in [-0.3, -0.25) is 9.59 Å². The zero-order chi connectivity index (χ0) is 17.1. The summed E-state index contributed by atoms with van der Waals surface area (Å²) in [4.78, 5) is 24.3. The van der Waals surface area contributed by atoms with Gasteiger partial charge in [-0.2, -0.15) is 13.2 Å². The second-order valence-corrected chi connectivity index (χ2v) is 5.16. The molecule has 0 aliphatic carbocycles. The fourth-order valence-corrected chi connectivity index (χ4v) is 2.28. The molecule has 1 atom stereocenters. The van der Waals surface area contributed by atoms with E-state index in [0.717, 1.165) is 0 Å². The van der Waals surface area contributed by atoms with Gasteiger partial charge in [0, 0.05) is 12.0 Å². The van der Waals surface area contributed by atoms with Crippen molar-refractivity contribution < 1.29 is 22.8 Å². The van der Waals surface area contributed by atoms with Gasteiger partial charge < -0.3 is 5.73 Å². The Balaban J connectivity index is 2.47. The molecule has 23 heavy (non-hydrogen) atoms. The SMILES string of the molecule is NC(Cc1ccccc1)(C(=O)c1ccccc1)C(=O)C(F)(F)F. The van der Waals surface area contributed by atoms with E-state index >= 15 is 0 Å². The van der Waals surface area contributed by atoms with E-state index in [9.17, 15) is 22.8 Å². The van der Waals surface area contributed by atoms with E-state index in [4.69, 9.17) is 5.73 Å². The lowest BCUT2D eigenvalue weighted by Gasteiger charge is -2.27. The van der Waals surface area contributed by atoms with Gasteiger partial charge in [0.15, 0.2) is 11.3 Å². The van der Waals surface area contributed by atoms with Gasteiger partial charge in [0.05, 0.1) is 0 Å². The average Bonchev–Trinajstić information content (AvgIpc) is 2.54. The second-order valence-electron chi connectivity index (χ2n) is 5.16. The quantitative estimate of drug-likeness (QED) is 0.680. The van der Waals surface area contributed by atoms with E-state index in [-0.39, 0.29) is 5.56 Å². The number of rotatable bonds is 5. The molecule has 0 spiro atoms. The first kappa shape index (κ1) is 16.9. The number of alkyl halides is 3. The Morgan fingerprint density at radius 1 is 0.870 bits per heavy atom. The first-order chi connectivity index (χ1) is 10.7. The molecule has 0 aliphatic rings. The number of ketones is 2. The summed E-state index contributed by atoms with van der Waals surface area (Å²) in [5, 5.41) is 0. The smallest absolute Gasteiger partial charge is 0.312 e. The highest BCUT2D eigenvalue weighted by molar-refractivity contribution is 6.20. The third-order valence-electron chi connectivity index (χ3n) is 3.43. The van der Waals surface area contributed by atoms with E-state index in [0.29, 0.717) is 5.56 Å². The third-order valence-corrected chi connectivity index (χ3v) is 3.43. The van der Waals surface area contributed by atoms with Crippen LogP contribution < -0.4 is 5.73 Å². The number of hydrogen-bond donors (Lipinski definition) is 1. The molecular weight excluding hydrogens is 307 g/mol. The van der Waals surface area contributed by atoms with E-state index in [1.165, 1.54) is 36.4 Å². The van der Waals surface area contributed by atoms with Crippen LogP contribution in [-0.2, 0) is 11.2 Å². The first-order valence-electron chi connectivity index (χ1n) is 6.79. The van der Waals surface area contributed by atoms with Crippen LogP contribution in [0.15, 0.2) is 60.7 Å². The van der Waals surface area contributed by atoms with Crippen molar-refractivity contribution >= 4 is 11.6 Å². The minimum absolute atomic E-state index is 0.0384. The largest absolute Gasteiger partial charge is 0.452 e. The standard InChI is InChI=1S/C17H14F3NO2/c18-17(19,20)15(23)16(21,11-12-7-3-1-4-8-12)14(22)13-9-5-2-6-10-13/h1-10H,11,21H2. The fraction of sp³-hybridized carbons (Fsp3) is 0.176. The molecule has 1 unspecified atom stereocenters. The van der Waals surface area contributed by atoms with E-state index in [1.54, 1.807) is 24.3 Å². The number of benzene rings is 2. The lowest BCUT2D eigenvalue weighted by molar-refractivity contribution is -0.175. The normalized spacial score (nSPS) is 14.1. The van der Waals surface area contributed by atoms with Crippen LogP contribution in [0.3, 0.4) is 0 Å². The molecular formula is C17H14F3NO2. The zero-order valence-corrected chi connectivity index (χ0v) is 12.0. The predicted molar refractivity (Wildman–Crippen MR) is 78.9 cm³/mol. The molecule has 0 aromatic heterocycles. The van der Waals surface area contributed by atoms with Gasteiger partial charge in [0.25, 0.3) is 5.78 Å². The maximum atomic E-state index is 12.9. The van der Waals surface area contributed by atoms with Crippen LogP contribution in [0, 0.1) is 0 Å². The summed E-state index contributed by atoms with van der Waals surface area (Å²) in [7, 11) is 0. The van der Waals surface area contributed by atoms with Crippen molar-refractivity contribution in [3.05, 3.63) is 71.8 Å². The Kier molecular flexibility index (Phi) is 4.65. The fourth-order valence-electron chi connectivity index (χ4n) is 2.28. The van der Waals surface area contributed by atoms with Crippen molar-refractivity contribution in [2.45, 2.75) is 18.1 Å². The molecule has 2 aromatic rings. The van der Waals surface area contributed by atoms with Crippen LogP contribution >= 0.6 is 0 Å². The van der Waals surface area contributed by atoms with Crippen molar-refractivity contribution in [1.82, 2.24) is 0 Å². The van der Waals surface area contributed by atoms with Gasteiger partial charge in [0.2, 0.25) is 0 Å². The minimum Gasteiger partial charge on any atom is -0.312 e. The van der Waals surface area contributed by atoms with Crippen LogP contribution in [0.2, 0.25) is 0 Å². The maximum absolute atomic E-state index is 12.9. The van der Waals surface area contributed by atoms with E-state index in [2.05, 4.69) is 0 Å². The molecule has 2 rings (SSSR count). The molecule has 0 fully saturated rings. The Bertz CT molecular complexity index is 699. The molecule has 0 heterocycles. The number of Topliss-reactive ketones (excluding diaryl/α,β-unsaturated/α-hetero) is 2. The Morgan fingerprint density at radius 3 is 1.83 bits per heavy atom. The van der Waals surface area contributed by atoms with Crippen LogP contribution in [0.5, 0.6) is 0 Å². The average molecular weight is 321 g/mol. The molecule has 6 heteroatoms. The molecule has 2 aromatic carbocycles. The van der Waals surface area contributed by atoms with Crippen molar-refractivity contribution in [3.63, 3.8) is 0 Å². The van der Waals surface area contributed by atoms with Crippen molar-refractivity contribution in [3.8, 4) is 0 Å². The summed E-state index contributed by atoms with van der Waals surface area (Å²) in [6, 6.07) is 15.2.